The molecule has 1 heterocycles. The van der Waals surface area contributed by atoms with Crippen LogP contribution < -0.4 is 4.90 Å². The molecule has 2 rings (SSSR count). The van der Waals surface area contributed by atoms with E-state index in [1.54, 1.807) is 12.1 Å². The smallest absolute Gasteiger partial charge is 0.326 e. The zero-order valence-electron chi connectivity index (χ0n) is 9.50. The van der Waals surface area contributed by atoms with Gasteiger partial charge in [0.1, 0.15) is 6.04 Å². The van der Waals surface area contributed by atoms with E-state index in [-0.39, 0.29) is 0 Å². The third-order valence-electron chi connectivity index (χ3n) is 3.16. The van der Waals surface area contributed by atoms with E-state index in [9.17, 15) is 14.7 Å². The molecule has 0 aliphatic carbocycles. The van der Waals surface area contributed by atoms with Crippen LogP contribution in [0.4, 0.5) is 5.69 Å². The number of carboxylic acids is 1. The Labute approximate surface area is 99.9 Å². The molecule has 1 aromatic carbocycles. The SMILES string of the molecule is O=Cc1ccccc1N1CCCCC1C(=O)O. The van der Waals surface area contributed by atoms with Gasteiger partial charge >= 0.3 is 5.97 Å². The minimum atomic E-state index is -0.814. The van der Waals surface area contributed by atoms with Crippen molar-refractivity contribution < 1.29 is 14.7 Å². The third kappa shape index (κ3) is 2.30. The Balaban J connectivity index is 2.35. The highest BCUT2D eigenvalue weighted by Gasteiger charge is 2.29. The molecular weight excluding hydrogens is 218 g/mol. The van der Waals surface area contributed by atoms with Crippen LogP contribution in [0.2, 0.25) is 0 Å². The van der Waals surface area contributed by atoms with E-state index >= 15 is 0 Å². The minimum Gasteiger partial charge on any atom is -0.480 e. The molecule has 0 bridgehead atoms. The first-order valence-corrected chi connectivity index (χ1v) is 5.77. The number of aliphatic carboxylic acids is 1. The molecule has 0 saturated carbocycles. The minimum absolute atomic E-state index is 0.509. The Kier molecular flexibility index (Phi) is 3.42. The summed E-state index contributed by atoms with van der Waals surface area (Å²) in [5, 5.41) is 9.20. The quantitative estimate of drug-likeness (QED) is 0.810. The summed E-state index contributed by atoms with van der Waals surface area (Å²) >= 11 is 0. The lowest BCUT2D eigenvalue weighted by atomic mass is 10.00. The number of carbonyl (C=O) groups is 2. The van der Waals surface area contributed by atoms with Crippen molar-refractivity contribution in [3.63, 3.8) is 0 Å². The molecule has 1 N–H and O–H groups in total. The topological polar surface area (TPSA) is 57.6 Å². The summed E-state index contributed by atoms with van der Waals surface area (Å²) in [6, 6.07) is 6.63. The summed E-state index contributed by atoms with van der Waals surface area (Å²) in [7, 11) is 0. The lowest BCUT2D eigenvalue weighted by Gasteiger charge is -2.35. The second kappa shape index (κ2) is 4.99. The molecule has 0 radical (unpaired) electrons. The van der Waals surface area contributed by atoms with Crippen LogP contribution in [-0.2, 0) is 4.79 Å². The van der Waals surface area contributed by atoms with E-state index in [2.05, 4.69) is 0 Å². The first-order valence-electron chi connectivity index (χ1n) is 5.77. The van der Waals surface area contributed by atoms with Crippen molar-refractivity contribution in [2.24, 2.45) is 0 Å². The van der Waals surface area contributed by atoms with Crippen LogP contribution in [0.1, 0.15) is 29.6 Å². The zero-order valence-corrected chi connectivity index (χ0v) is 9.50. The van der Waals surface area contributed by atoms with Gasteiger partial charge in [0.05, 0.1) is 0 Å². The van der Waals surface area contributed by atoms with Gasteiger partial charge in [0.15, 0.2) is 6.29 Å². The molecule has 1 saturated heterocycles. The van der Waals surface area contributed by atoms with Gasteiger partial charge in [-0.25, -0.2) is 4.79 Å². The van der Waals surface area contributed by atoms with Crippen LogP contribution in [0.25, 0.3) is 0 Å². The highest BCUT2D eigenvalue weighted by atomic mass is 16.4. The van der Waals surface area contributed by atoms with E-state index in [0.717, 1.165) is 24.8 Å². The zero-order chi connectivity index (χ0) is 12.3. The van der Waals surface area contributed by atoms with Crippen LogP contribution in [0, 0.1) is 0 Å². The van der Waals surface area contributed by atoms with Crippen molar-refractivity contribution in [2.75, 3.05) is 11.4 Å². The molecule has 1 aromatic rings. The summed E-state index contributed by atoms with van der Waals surface area (Å²) in [4.78, 5) is 24.0. The first kappa shape index (κ1) is 11.6. The maximum absolute atomic E-state index is 11.2. The van der Waals surface area contributed by atoms with Gasteiger partial charge in [-0.05, 0) is 31.4 Å². The maximum atomic E-state index is 11.2. The number of aldehydes is 1. The number of piperidine rings is 1. The van der Waals surface area contributed by atoms with E-state index in [1.807, 2.05) is 17.0 Å². The maximum Gasteiger partial charge on any atom is 0.326 e. The average molecular weight is 233 g/mol. The number of rotatable bonds is 3. The molecule has 0 spiro atoms. The standard InChI is InChI=1S/C13H15NO3/c15-9-10-5-1-2-6-11(10)14-8-4-3-7-12(14)13(16)17/h1-2,5-6,9,12H,3-4,7-8H2,(H,16,17). The summed E-state index contributed by atoms with van der Waals surface area (Å²) in [6.07, 6.45) is 3.32. The molecular formula is C13H15NO3. The second-order valence-electron chi connectivity index (χ2n) is 4.22. The summed E-state index contributed by atoms with van der Waals surface area (Å²) in [5.41, 5.74) is 1.29. The van der Waals surface area contributed by atoms with Gasteiger partial charge in [-0.15, -0.1) is 0 Å². The van der Waals surface area contributed by atoms with Gasteiger partial charge in [0.2, 0.25) is 0 Å². The highest BCUT2D eigenvalue weighted by Crippen LogP contribution is 2.27. The van der Waals surface area contributed by atoms with Crippen molar-refractivity contribution in [1.29, 1.82) is 0 Å². The molecule has 4 nitrogen and oxygen atoms in total. The molecule has 1 aliphatic rings. The molecule has 4 heteroatoms. The van der Waals surface area contributed by atoms with Gasteiger partial charge < -0.3 is 10.0 Å². The fourth-order valence-electron chi connectivity index (χ4n) is 2.33. The summed E-state index contributed by atoms with van der Waals surface area (Å²) in [5.74, 6) is -0.814. The molecule has 1 fully saturated rings. The number of benzene rings is 1. The number of nitrogens with zero attached hydrogens (tertiary/aromatic N) is 1. The predicted octanol–water partition coefficient (Wildman–Crippen LogP) is 1.94. The van der Waals surface area contributed by atoms with Crippen molar-refractivity contribution in [2.45, 2.75) is 25.3 Å². The monoisotopic (exact) mass is 233 g/mol. The number of anilines is 1. The Morgan fingerprint density at radius 1 is 1.35 bits per heavy atom. The summed E-state index contributed by atoms with van der Waals surface area (Å²) in [6.45, 7) is 0.696. The normalized spacial score (nSPS) is 20.0. The lowest BCUT2D eigenvalue weighted by Crippen LogP contribution is -2.45. The Morgan fingerprint density at radius 2 is 2.12 bits per heavy atom. The van der Waals surface area contributed by atoms with Gasteiger partial charge in [0.25, 0.3) is 0 Å². The van der Waals surface area contributed by atoms with E-state index in [4.69, 9.17) is 0 Å². The Morgan fingerprint density at radius 3 is 2.82 bits per heavy atom. The van der Waals surface area contributed by atoms with Crippen LogP contribution in [-0.4, -0.2) is 29.9 Å². The molecule has 0 aromatic heterocycles. The van der Waals surface area contributed by atoms with Gasteiger partial charge in [-0.3, -0.25) is 4.79 Å². The van der Waals surface area contributed by atoms with Crippen molar-refractivity contribution >= 4 is 17.9 Å². The fourth-order valence-corrected chi connectivity index (χ4v) is 2.33. The molecule has 0 amide bonds. The molecule has 90 valence electrons. The van der Waals surface area contributed by atoms with Crippen molar-refractivity contribution in [1.82, 2.24) is 0 Å². The molecule has 1 aliphatic heterocycles. The highest BCUT2D eigenvalue weighted by molar-refractivity contribution is 5.87. The van der Waals surface area contributed by atoms with Crippen molar-refractivity contribution in [3.05, 3.63) is 29.8 Å². The lowest BCUT2D eigenvalue weighted by molar-refractivity contribution is -0.139. The van der Waals surface area contributed by atoms with E-state index < -0.39 is 12.0 Å². The third-order valence-corrected chi connectivity index (χ3v) is 3.16. The predicted molar refractivity (Wildman–Crippen MR) is 64.5 cm³/mol. The molecule has 17 heavy (non-hydrogen) atoms. The molecule has 1 unspecified atom stereocenters. The number of para-hydroxylation sites is 1. The van der Waals surface area contributed by atoms with Crippen LogP contribution >= 0.6 is 0 Å². The number of carbonyl (C=O) groups excluding carboxylic acids is 1. The van der Waals surface area contributed by atoms with E-state index in [1.165, 1.54) is 0 Å². The summed E-state index contributed by atoms with van der Waals surface area (Å²) < 4.78 is 0. The second-order valence-corrected chi connectivity index (χ2v) is 4.22. The first-order chi connectivity index (χ1) is 8.24. The van der Waals surface area contributed by atoms with Gasteiger partial charge in [0, 0.05) is 17.8 Å². The number of hydrogen-bond acceptors (Lipinski definition) is 3. The average Bonchev–Trinajstić information content (AvgIpc) is 2.38. The van der Waals surface area contributed by atoms with Gasteiger partial charge in [-0.1, -0.05) is 12.1 Å². The largest absolute Gasteiger partial charge is 0.480 e. The fraction of sp³-hybridized carbons (Fsp3) is 0.385. The van der Waals surface area contributed by atoms with E-state index in [0.29, 0.717) is 18.5 Å². The van der Waals surface area contributed by atoms with Crippen LogP contribution in [0.3, 0.4) is 0 Å². The van der Waals surface area contributed by atoms with Gasteiger partial charge in [-0.2, -0.15) is 0 Å². The Hall–Kier alpha value is -1.84. The van der Waals surface area contributed by atoms with Crippen molar-refractivity contribution in [3.8, 4) is 0 Å². The van der Waals surface area contributed by atoms with Crippen LogP contribution in [0.5, 0.6) is 0 Å². The Bertz CT molecular complexity index is 430. The number of hydrogen-bond donors (Lipinski definition) is 1. The molecule has 1 atom stereocenters. The number of carboxylic acid groups (broad SMARTS) is 1. The van der Waals surface area contributed by atoms with Crippen LogP contribution in [0.15, 0.2) is 24.3 Å².